The molecule has 0 aliphatic carbocycles. The van der Waals surface area contributed by atoms with Crippen LogP contribution in [0.1, 0.15) is 19.8 Å². The van der Waals surface area contributed by atoms with Gasteiger partial charge in [0.1, 0.15) is 0 Å². The Bertz CT molecular complexity index is 72.0. The Kier molecular flexibility index (Phi) is 13.8. The highest BCUT2D eigenvalue weighted by atomic mass is 35.6. The summed E-state index contributed by atoms with van der Waals surface area (Å²) in [5.74, 6) is 2.18. The van der Waals surface area contributed by atoms with E-state index in [4.69, 9.17) is 10.0 Å². The number of halogens is 4. The summed E-state index contributed by atoms with van der Waals surface area (Å²) in [6, 6.07) is 0. The molecule has 0 aliphatic rings. The van der Waals surface area contributed by atoms with Crippen LogP contribution < -0.4 is 0 Å². The molecule has 0 bridgehead atoms. The van der Waals surface area contributed by atoms with Crippen molar-refractivity contribution in [1.82, 2.24) is 0 Å². The van der Waals surface area contributed by atoms with E-state index in [9.17, 15) is 12.9 Å². The quantitative estimate of drug-likeness (QED) is 0.614. The Labute approximate surface area is 74.9 Å². The van der Waals surface area contributed by atoms with Crippen LogP contribution in [0.15, 0.2) is 0 Å². The Balaban J connectivity index is 0. The van der Waals surface area contributed by atoms with Gasteiger partial charge in [0.05, 0.1) is 0 Å². The van der Waals surface area contributed by atoms with Crippen molar-refractivity contribution in [3.63, 3.8) is 0 Å². The topological polar surface area (TPSA) is 0 Å². The van der Waals surface area contributed by atoms with Gasteiger partial charge in [0.2, 0.25) is 0 Å². The van der Waals surface area contributed by atoms with Gasteiger partial charge in [-0.2, -0.15) is 0 Å². The molecular formula is C5H12AlBClF3. The van der Waals surface area contributed by atoms with Crippen LogP contribution in [0.3, 0.4) is 0 Å². The van der Waals surface area contributed by atoms with Crippen LogP contribution in [-0.4, -0.2) is 20.8 Å². The van der Waals surface area contributed by atoms with Crippen LogP contribution in [0, 0.1) is 0 Å². The van der Waals surface area contributed by atoms with E-state index in [1.54, 1.807) is 0 Å². The minimum absolute atomic E-state index is 0.716. The van der Waals surface area contributed by atoms with Gasteiger partial charge in [-0.05, 0) is 0 Å². The summed E-state index contributed by atoms with van der Waals surface area (Å²) in [6.45, 7) is 2.20. The molecular weight excluding hydrogens is 190 g/mol. The second-order valence-electron chi connectivity index (χ2n) is 2.17. The van der Waals surface area contributed by atoms with Gasteiger partial charge in [-0.25, -0.2) is 0 Å². The molecule has 6 heteroatoms. The van der Waals surface area contributed by atoms with E-state index >= 15 is 0 Å². The molecule has 0 spiro atoms. The molecule has 0 unspecified atom stereocenters. The number of unbranched alkanes of at least 4 members (excludes halogenated alkanes) is 1. The number of hydrogen-bond donors (Lipinski definition) is 0. The SMILES string of the molecule is CCC[CH2][Al]([CH3])[Cl].FB(F)F. The van der Waals surface area contributed by atoms with E-state index < -0.39 is 20.8 Å². The predicted molar refractivity (Wildman–Crippen MR) is 46.3 cm³/mol. The van der Waals surface area contributed by atoms with Crippen molar-refractivity contribution in [1.29, 1.82) is 0 Å². The lowest BCUT2D eigenvalue weighted by atomic mass is 10.4. The molecule has 0 nitrogen and oxygen atoms in total. The Morgan fingerprint density at radius 2 is 1.73 bits per heavy atom. The fourth-order valence-corrected chi connectivity index (χ4v) is 1.92. The van der Waals surface area contributed by atoms with Gasteiger partial charge in [-0.15, -0.1) is 0 Å². The molecule has 0 atom stereocenters. The molecule has 0 saturated carbocycles. The van der Waals surface area contributed by atoms with E-state index in [-0.39, 0.29) is 0 Å². The van der Waals surface area contributed by atoms with Gasteiger partial charge < -0.3 is 0 Å². The maximum atomic E-state index is 9.67. The first-order valence-corrected chi connectivity index (χ1v) is 7.28. The van der Waals surface area contributed by atoms with E-state index in [0.717, 1.165) is 0 Å². The normalized spacial score (nSPS) is 8.18. The lowest BCUT2D eigenvalue weighted by molar-refractivity contribution is 0.535. The van der Waals surface area contributed by atoms with Crippen LogP contribution in [0.5, 0.6) is 0 Å². The van der Waals surface area contributed by atoms with E-state index in [1.165, 1.54) is 18.1 Å². The number of hydrogen-bond acceptors (Lipinski definition) is 0. The Morgan fingerprint density at radius 1 is 1.36 bits per heavy atom. The van der Waals surface area contributed by atoms with Crippen molar-refractivity contribution in [2.45, 2.75) is 30.8 Å². The zero-order valence-corrected chi connectivity index (χ0v) is 8.70. The summed E-state index contributed by atoms with van der Waals surface area (Å²) >= 11 is -0.716. The molecule has 0 rings (SSSR count). The molecule has 0 aliphatic heterocycles. The average Bonchev–Trinajstić information content (AvgIpc) is 1.82. The minimum atomic E-state index is -3.67. The van der Waals surface area contributed by atoms with Crippen molar-refractivity contribution in [2.24, 2.45) is 0 Å². The molecule has 0 heterocycles. The third kappa shape index (κ3) is 36.7. The first-order valence-electron chi connectivity index (χ1n) is 3.57. The summed E-state index contributed by atoms with van der Waals surface area (Å²) in [4.78, 5) is 0. The fraction of sp³-hybridized carbons (Fsp3) is 1.00. The van der Waals surface area contributed by atoms with Gasteiger partial charge in [-0.1, -0.05) is 30.8 Å². The molecule has 0 saturated heterocycles. The first kappa shape index (κ1) is 14.2. The van der Waals surface area contributed by atoms with Gasteiger partial charge in [-0.3, -0.25) is 23.0 Å². The summed E-state index contributed by atoms with van der Waals surface area (Å²) in [7, 11) is 2.13. The molecule has 0 amide bonds. The zero-order chi connectivity index (χ0) is 9.28. The summed E-state index contributed by atoms with van der Waals surface area (Å²) in [5, 5.41) is 1.30. The highest BCUT2D eigenvalue weighted by Crippen LogP contribution is 2.02. The molecule has 0 fully saturated rings. The van der Waals surface area contributed by atoms with Gasteiger partial charge in [0, 0.05) is 0 Å². The van der Waals surface area contributed by atoms with Crippen molar-refractivity contribution in [2.75, 3.05) is 0 Å². The summed E-state index contributed by atoms with van der Waals surface area (Å²) < 4.78 is 29.0. The molecule has 0 N–H and O–H groups in total. The second kappa shape index (κ2) is 10.7. The van der Waals surface area contributed by atoms with Crippen molar-refractivity contribution in [3.8, 4) is 0 Å². The highest BCUT2D eigenvalue weighted by molar-refractivity contribution is 7.06. The van der Waals surface area contributed by atoms with E-state index in [1.807, 2.05) is 0 Å². The fourth-order valence-electron chi connectivity index (χ4n) is 0.485. The van der Waals surface area contributed by atoms with Crippen molar-refractivity contribution < 1.29 is 12.9 Å². The molecule has 66 valence electrons. The molecule has 0 aromatic carbocycles. The maximum Gasteiger partial charge on any atom is 0.762 e. The standard InChI is InChI=1S/C4H9.CH3.Al.BF3.ClH/c1-3-4-2;;;2-1(3)4;/h1,3-4H2,2H3;1H3;;;1H/q;;+1;;/p-1. The van der Waals surface area contributed by atoms with Crippen LogP contribution in [0.2, 0.25) is 11.1 Å². The predicted octanol–water partition coefficient (Wildman–Crippen LogP) is 3.53. The molecule has 0 aromatic rings. The monoisotopic (exact) mass is 202 g/mol. The highest BCUT2D eigenvalue weighted by Gasteiger charge is 2.06. The molecule has 11 heavy (non-hydrogen) atoms. The lowest BCUT2D eigenvalue weighted by Gasteiger charge is -1.90. The second-order valence-corrected chi connectivity index (χ2v) is 6.54. The van der Waals surface area contributed by atoms with Gasteiger partial charge >= 0.3 is 20.8 Å². The Morgan fingerprint density at radius 3 is 1.82 bits per heavy atom. The largest absolute Gasteiger partial charge is 0.762 e. The van der Waals surface area contributed by atoms with E-state index in [0.29, 0.717) is 0 Å². The molecule has 0 radical (unpaired) electrons. The summed E-state index contributed by atoms with van der Waals surface area (Å²) in [6.07, 6.45) is 2.63. The lowest BCUT2D eigenvalue weighted by Crippen LogP contribution is -1.92. The third-order valence-electron chi connectivity index (χ3n) is 0.955. The summed E-state index contributed by atoms with van der Waals surface area (Å²) in [5.41, 5.74) is 0. The average molecular weight is 202 g/mol. The van der Waals surface area contributed by atoms with Crippen LogP contribution in [0.25, 0.3) is 0 Å². The zero-order valence-electron chi connectivity index (χ0n) is 6.79. The van der Waals surface area contributed by atoms with Crippen LogP contribution >= 0.6 is 10.0 Å². The van der Waals surface area contributed by atoms with Crippen molar-refractivity contribution in [3.05, 3.63) is 0 Å². The van der Waals surface area contributed by atoms with E-state index in [2.05, 4.69) is 12.7 Å². The first-order chi connectivity index (χ1) is 5.00. The smallest absolute Gasteiger partial charge is 0.261 e. The minimum Gasteiger partial charge on any atom is -0.261 e. The van der Waals surface area contributed by atoms with Crippen LogP contribution in [-0.2, 0) is 0 Å². The maximum absolute atomic E-state index is 9.67. The van der Waals surface area contributed by atoms with Gasteiger partial charge in [0.15, 0.2) is 0 Å². The molecule has 0 aromatic heterocycles. The number of rotatable bonds is 3. The third-order valence-corrected chi connectivity index (χ3v) is 2.81. The van der Waals surface area contributed by atoms with Crippen LogP contribution in [0.4, 0.5) is 12.9 Å². The van der Waals surface area contributed by atoms with Gasteiger partial charge in [0.25, 0.3) is 0 Å². The van der Waals surface area contributed by atoms with Crippen molar-refractivity contribution >= 4 is 30.8 Å². The Hall–Kier alpha value is 0.677.